The van der Waals surface area contributed by atoms with E-state index in [9.17, 15) is 0 Å². The van der Waals surface area contributed by atoms with Gasteiger partial charge in [0.1, 0.15) is 0 Å². The highest BCUT2D eigenvalue weighted by atomic mass is 14.9. The minimum atomic E-state index is 1.05. The molecule has 0 unspecified atom stereocenters. The van der Waals surface area contributed by atoms with Crippen molar-refractivity contribution in [2.75, 3.05) is 13.1 Å². The first-order chi connectivity index (χ1) is 5.29. The maximum absolute atomic E-state index is 3.87. The molecule has 0 aromatic rings. The van der Waals surface area contributed by atoms with Gasteiger partial charge in [-0.1, -0.05) is 23.8 Å². The Bertz CT molecular complexity index is 160. The molecule has 0 aromatic carbocycles. The Morgan fingerprint density at radius 2 is 2.55 bits per heavy atom. The first kappa shape index (κ1) is 8.54. The fourth-order valence-corrected chi connectivity index (χ4v) is 1.27. The van der Waals surface area contributed by atoms with E-state index in [4.69, 9.17) is 0 Å². The average Bonchev–Trinajstić information content (AvgIpc) is 2.03. The SMILES string of the molecule is C=C(C)C/C=C1/CCCNC1. The molecule has 0 saturated carbocycles. The van der Waals surface area contributed by atoms with Gasteiger partial charge in [0.05, 0.1) is 0 Å². The van der Waals surface area contributed by atoms with E-state index in [1.165, 1.54) is 25.0 Å². The van der Waals surface area contributed by atoms with E-state index in [1.54, 1.807) is 5.57 Å². The van der Waals surface area contributed by atoms with E-state index < -0.39 is 0 Å². The third-order valence-corrected chi connectivity index (χ3v) is 1.94. The zero-order valence-corrected chi connectivity index (χ0v) is 7.32. The Balaban J connectivity index is 2.32. The van der Waals surface area contributed by atoms with Gasteiger partial charge < -0.3 is 5.32 Å². The van der Waals surface area contributed by atoms with Crippen molar-refractivity contribution in [2.45, 2.75) is 26.2 Å². The molecule has 1 heteroatoms. The highest BCUT2D eigenvalue weighted by molar-refractivity contribution is 5.10. The molecule has 1 N–H and O–H groups in total. The predicted molar refractivity (Wildman–Crippen MR) is 49.6 cm³/mol. The summed E-state index contributed by atoms with van der Waals surface area (Å²) in [7, 11) is 0. The molecule has 1 heterocycles. The van der Waals surface area contributed by atoms with Crippen LogP contribution in [0, 0.1) is 0 Å². The molecular formula is C10H17N. The lowest BCUT2D eigenvalue weighted by Gasteiger charge is -2.15. The van der Waals surface area contributed by atoms with Crippen molar-refractivity contribution in [1.29, 1.82) is 0 Å². The lowest BCUT2D eigenvalue weighted by atomic mass is 10.0. The normalized spacial score (nSPS) is 22.1. The van der Waals surface area contributed by atoms with Gasteiger partial charge in [0.25, 0.3) is 0 Å². The van der Waals surface area contributed by atoms with E-state index in [1.807, 2.05) is 0 Å². The van der Waals surface area contributed by atoms with Gasteiger partial charge in [0.2, 0.25) is 0 Å². The van der Waals surface area contributed by atoms with Gasteiger partial charge in [-0.25, -0.2) is 0 Å². The summed E-state index contributed by atoms with van der Waals surface area (Å²) in [6.07, 6.45) is 5.94. The van der Waals surface area contributed by atoms with Crippen molar-refractivity contribution < 1.29 is 0 Å². The molecule has 0 bridgehead atoms. The number of rotatable bonds is 2. The lowest BCUT2D eigenvalue weighted by Crippen LogP contribution is -2.23. The molecule has 0 aromatic heterocycles. The second kappa shape index (κ2) is 4.35. The van der Waals surface area contributed by atoms with Crippen LogP contribution >= 0.6 is 0 Å². The van der Waals surface area contributed by atoms with E-state index in [2.05, 4.69) is 24.9 Å². The Hall–Kier alpha value is -0.560. The van der Waals surface area contributed by atoms with Crippen LogP contribution in [0.4, 0.5) is 0 Å². The fourth-order valence-electron chi connectivity index (χ4n) is 1.27. The van der Waals surface area contributed by atoms with Crippen LogP contribution < -0.4 is 5.32 Å². The summed E-state index contributed by atoms with van der Waals surface area (Å²) in [4.78, 5) is 0. The summed E-state index contributed by atoms with van der Waals surface area (Å²) in [5.41, 5.74) is 2.81. The minimum Gasteiger partial charge on any atom is -0.313 e. The highest BCUT2D eigenvalue weighted by Crippen LogP contribution is 2.10. The number of allylic oxidation sites excluding steroid dienone is 2. The van der Waals surface area contributed by atoms with E-state index in [-0.39, 0.29) is 0 Å². The maximum Gasteiger partial charge on any atom is 0.0164 e. The maximum atomic E-state index is 3.87. The van der Waals surface area contributed by atoms with Crippen LogP contribution in [-0.4, -0.2) is 13.1 Å². The average molecular weight is 151 g/mol. The van der Waals surface area contributed by atoms with Gasteiger partial charge >= 0.3 is 0 Å². The minimum absolute atomic E-state index is 1.05. The largest absolute Gasteiger partial charge is 0.313 e. The number of hydrogen-bond donors (Lipinski definition) is 1. The van der Waals surface area contributed by atoms with E-state index >= 15 is 0 Å². The van der Waals surface area contributed by atoms with Crippen LogP contribution in [0.15, 0.2) is 23.8 Å². The van der Waals surface area contributed by atoms with Gasteiger partial charge in [-0.05, 0) is 32.7 Å². The molecule has 1 fully saturated rings. The molecular weight excluding hydrogens is 134 g/mol. The standard InChI is InChI=1S/C10H17N/c1-9(2)5-6-10-4-3-7-11-8-10/h6,11H,1,3-5,7-8H2,2H3/b10-6-. The lowest BCUT2D eigenvalue weighted by molar-refractivity contribution is 0.607. The van der Waals surface area contributed by atoms with Gasteiger partial charge in [-0.2, -0.15) is 0 Å². The number of nitrogens with one attached hydrogen (secondary N) is 1. The van der Waals surface area contributed by atoms with Gasteiger partial charge in [-0.15, -0.1) is 0 Å². The molecule has 1 aliphatic rings. The summed E-state index contributed by atoms with van der Waals surface area (Å²) in [6.45, 7) is 8.23. The molecule has 1 aliphatic heterocycles. The van der Waals surface area contributed by atoms with Crippen LogP contribution in [0.5, 0.6) is 0 Å². The van der Waals surface area contributed by atoms with Crippen molar-refractivity contribution in [3.63, 3.8) is 0 Å². The molecule has 1 saturated heterocycles. The second-order valence-electron chi connectivity index (χ2n) is 3.30. The van der Waals surface area contributed by atoms with Crippen molar-refractivity contribution >= 4 is 0 Å². The predicted octanol–water partition coefficient (Wildman–Crippen LogP) is 2.26. The Kier molecular flexibility index (Phi) is 3.37. The summed E-state index contributed by atoms with van der Waals surface area (Å²) < 4.78 is 0. The van der Waals surface area contributed by atoms with Gasteiger partial charge in [-0.3, -0.25) is 0 Å². The third-order valence-electron chi connectivity index (χ3n) is 1.94. The molecule has 1 nitrogen and oxygen atoms in total. The Labute approximate surface area is 69.2 Å². The van der Waals surface area contributed by atoms with Gasteiger partial charge in [0.15, 0.2) is 0 Å². The molecule has 0 spiro atoms. The van der Waals surface area contributed by atoms with Crippen LogP contribution in [0.1, 0.15) is 26.2 Å². The zero-order chi connectivity index (χ0) is 8.10. The smallest absolute Gasteiger partial charge is 0.0164 e. The van der Waals surface area contributed by atoms with Crippen molar-refractivity contribution in [3.8, 4) is 0 Å². The Morgan fingerprint density at radius 3 is 3.09 bits per heavy atom. The van der Waals surface area contributed by atoms with Crippen LogP contribution in [0.3, 0.4) is 0 Å². The molecule has 0 aliphatic carbocycles. The second-order valence-corrected chi connectivity index (χ2v) is 3.30. The number of piperidine rings is 1. The van der Waals surface area contributed by atoms with Crippen LogP contribution in [-0.2, 0) is 0 Å². The summed E-state index contributed by atoms with van der Waals surface area (Å²) in [6, 6.07) is 0. The fraction of sp³-hybridized carbons (Fsp3) is 0.600. The Morgan fingerprint density at radius 1 is 1.73 bits per heavy atom. The highest BCUT2D eigenvalue weighted by Gasteiger charge is 2.02. The summed E-state index contributed by atoms with van der Waals surface area (Å²) in [5, 5.41) is 3.36. The molecule has 0 atom stereocenters. The monoisotopic (exact) mass is 151 g/mol. The molecule has 11 heavy (non-hydrogen) atoms. The molecule has 0 radical (unpaired) electrons. The summed E-state index contributed by atoms with van der Waals surface area (Å²) >= 11 is 0. The van der Waals surface area contributed by atoms with E-state index in [0.717, 1.165) is 13.0 Å². The first-order valence-corrected chi connectivity index (χ1v) is 4.32. The number of hydrogen-bond acceptors (Lipinski definition) is 1. The van der Waals surface area contributed by atoms with Crippen molar-refractivity contribution in [2.24, 2.45) is 0 Å². The van der Waals surface area contributed by atoms with Crippen molar-refractivity contribution in [1.82, 2.24) is 5.32 Å². The molecule has 1 rings (SSSR count). The quantitative estimate of drug-likeness (QED) is 0.597. The van der Waals surface area contributed by atoms with E-state index in [0.29, 0.717) is 0 Å². The first-order valence-electron chi connectivity index (χ1n) is 4.32. The van der Waals surface area contributed by atoms with Crippen LogP contribution in [0.25, 0.3) is 0 Å². The third kappa shape index (κ3) is 3.38. The molecule has 62 valence electrons. The molecule has 0 amide bonds. The van der Waals surface area contributed by atoms with Crippen molar-refractivity contribution in [3.05, 3.63) is 23.8 Å². The summed E-state index contributed by atoms with van der Waals surface area (Å²) in [5.74, 6) is 0. The topological polar surface area (TPSA) is 12.0 Å². The van der Waals surface area contributed by atoms with Crippen LogP contribution in [0.2, 0.25) is 0 Å². The van der Waals surface area contributed by atoms with Gasteiger partial charge in [0, 0.05) is 6.54 Å². The zero-order valence-electron chi connectivity index (χ0n) is 7.32.